The van der Waals surface area contributed by atoms with Crippen molar-refractivity contribution in [2.45, 2.75) is 24.9 Å². The Hall–Kier alpha value is -3.57. The maximum Gasteiger partial charge on any atom is 0.246 e. The highest BCUT2D eigenvalue weighted by atomic mass is 32.2. The number of methoxy groups -OCH3 is 1. The van der Waals surface area contributed by atoms with Crippen LogP contribution in [-0.2, 0) is 27.9 Å². The van der Waals surface area contributed by atoms with E-state index in [4.69, 9.17) is 4.74 Å². The Balaban J connectivity index is 2.09. The monoisotopic (exact) mass is 508 g/mol. The quantitative estimate of drug-likeness (QED) is 0.182. The van der Waals surface area contributed by atoms with Crippen LogP contribution in [0, 0.1) is 23.3 Å². The molecule has 3 aromatic rings. The number of sulfonamides is 1. The number of hydrogen-bond donors (Lipinski definition) is 0. The number of allylic oxidation sites excluding steroid dienone is 1. The van der Waals surface area contributed by atoms with Gasteiger partial charge in [0.15, 0.2) is 29.1 Å². The Kier molecular flexibility index (Phi) is 8.03. The van der Waals surface area contributed by atoms with E-state index in [1.54, 1.807) is 24.3 Å². The summed E-state index contributed by atoms with van der Waals surface area (Å²) in [7, 11) is -3.53. The number of benzene rings is 2. The van der Waals surface area contributed by atoms with Crippen LogP contribution in [-0.4, -0.2) is 30.6 Å². The van der Waals surface area contributed by atoms with Crippen molar-refractivity contribution in [3.63, 3.8) is 0 Å². The summed E-state index contributed by atoms with van der Waals surface area (Å²) in [4.78, 5) is 13.8. The van der Waals surface area contributed by atoms with Gasteiger partial charge in [-0.25, -0.2) is 26.0 Å². The number of ketones is 1. The molecule has 0 aliphatic carbocycles. The largest absolute Gasteiger partial charge is 0.496 e. The van der Waals surface area contributed by atoms with Crippen LogP contribution >= 0.6 is 0 Å². The Bertz CT molecular complexity index is 1380. The van der Waals surface area contributed by atoms with Gasteiger partial charge in [0.05, 0.1) is 7.11 Å². The topological polar surface area (TPSA) is 76.6 Å². The van der Waals surface area contributed by atoms with Gasteiger partial charge in [0.2, 0.25) is 10.0 Å². The van der Waals surface area contributed by atoms with E-state index in [0.29, 0.717) is 16.7 Å². The van der Waals surface area contributed by atoms with Crippen LogP contribution in [0.5, 0.6) is 5.75 Å². The molecule has 0 amide bonds. The summed E-state index contributed by atoms with van der Waals surface area (Å²) >= 11 is 0. The van der Waals surface area contributed by atoms with Gasteiger partial charge in [0.1, 0.15) is 10.6 Å². The van der Waals surface area contributed by atoms with Crippen LogP contribution in [0.4, 0.5) is 17.6 Å². The predicted molar refractivity (Wildman–Crippen MR) is 120 cm³/mol. The van der Waals surface area contributed by atoms with Gasteiger partial charge >= 0.3 is 0 Å². The van der Waals surface area contributed by atoms with E-state index in [9.17, 15) is 30.8 Å². The third-order valence-corrected chi connectivity index (χ3v) is 6.73. The maximum atomic E-state index is 14.5. The van der Waals surface area contributed by atoms with E-state index in [2.05, 4.69) is 4.98 Å². The lowest BCUT2D eigenvalue weighted by Gasteiger charge is -2.24. The third-order valence-electron chi connectivity index (χ3n) is 4.94. The summed E-state index contributed by atoms with van der Waals surface area (Å²) in [5.41, 5.74) is 1.33. The number of hydrogen-bond acceptors (Lipinski definition) is 5. The van der Waals surface area contributed by atoms with E-state index in [-0.39, 0.29) is 24.1 Å². The molecule has 0 aliphatic rings. The average molecular weight is 508 g/mol. The van der Waals surface area contributed by atoms with Crippen molar-refractivity contribution in [3.8, 4) is 5.75 Å². The standard InChI is InChI=1S/C24H20F4N2O4S/c1-15(31)5-6-16-7-8-18(20(10-16)34-2)14-30(13-17-4-3-9-29-12-17)35(32,33)21-11-19(25)22(26)24(28)23(21)27/h3-12H,13-14H2,1-2H3/b6-5+. The number of ether oxygens (including phenoxy) is 1. The highest BCUT2D eigenvalue weighted by Gasteiger charge is 2.33. The first-order chi connectivity index (χ1) is 16.5. The molecule has 0 fully saturated rings. The molecule has 0 saturated carbocycles. The van der Waals surface area contributed by atoms with Crippen molar-refractivity contribution < 1.29 is 35.5 Å². The second kappa shape index (κ2) is 10.8. The fraction of sp³-hybridized carbons (Fsp3) is 0.167. The molecular weight excluding hydrogens is 488 g/mol. The highest BCUT2D eigenvalue weighted by molar-refractivity contribution is 7.89. The summed E-state index contributed by atoms with van der Waals surface area (Å²) in [5.74, 6) is -8.15. The second-order valence-electron chi connectivity index (χ2n) is 7.45. The summed E-state index contributed by atoms with van der Waals surface area (Å²) in [5, 5.41) is 0. The van der Waals surface area contributed by atoms with Crippen molar-refractivity contribution in [1.82, 2.24) is 9.29 Å². The Morgan fingerprint density at radius 2 is 1.80 bits per heavy atom. The van der Waals surface area contributed by atoms with Gasteiger partial charge in [-0.2, -0.15) is 4.31 Å². The maximum absolute atomic E-state index is 14.5. The Morgan fingerprint density at radius 3 is 2.43 bits per heavy atom. The number of nitrogens with zero attached hydrogens (tertiary/aromatic N) is 2. The van der Waals surface area contributed by atoms with Gasteiger partial charge in [-0.05, 0) is 36.3 Å². The second-order valence-corrected chi connectivity index (χ2v) is 9.35. The van der Waals surface area contributed by atoms with Gasteiger partial charge in [-0.1, -0.05) is 24.3 Å². The zero-order valence-electron chi connectivity index (χ0n) is 18.6. The van der Waals surface area contributed by atoms with E-state index in [1.807, 2.05) is 0 Å². The molecular formula is C24H20F4N2O4S. The zero-order valence-corrected chi connectivity index (χ0v) is 19.5. The minimum Gasteiger partial charge on any atom is -0.496 e. The molecule has 0 N–H and O–H groups in total. The molecule has 0 aliphatic heterocycles. The lowest BCUT2D eigenvalue weighted by Crippen LogP contribution is -2.31. The molecule has 3 rings (SSSR count). The fourth-order valence-electron chi connectivity index (χ4n) is 3.20. The number of carbonyl (C=O) groups is 1. The molecule has 1 aromatic heterocycles. The number of rotatable bonds is 9. The predicted octanol–water partition coefficient (Wildman–Crippen LogP) is 4.64. The molecule has 6 nitrogen and oxygen atoms in total. The van der Waals surface area contributed by atoms with Crippen molar-refractivity contribution in [2.75, 3.05) is 7.11 Å². The lowest BCUT2D eigenvalue weighted by atomic mass is 10.1. The van der Waals surface area contributed by atoms with Crippen LogP contribution in [0.2, 0.25) is 0 Å². The van der Waals surface area contributed by atoms with Crippen LogP contribution in [0.25, 0.3) is 6.08 Å². The van der Waals surface area contributed by atoms with Gasteiger partial charge in [-0.3, -0.25) is 9.78 Å². The van der Waals surface area contributed by atoms with E-state index < -0.39 is 44.7 Å². The molecule has 0 atom stereocenters. The summed E-state index contributed by atoms with van der Waals surface area (Å²) < 4.78 is 88.4. The molecule has 11 heteroatoms. The molecule has 1 heterocycles. The minimum atomic E-state index is -4.88. The van der Waals surface area contributed by atoms with Crippen LogP contribution < -0.4 is 4.74 Å². The third kappa shape index (κ3) is 5.92. The number of pyridine rings is 1. The van der Waals surface area contributed by atoms with Crippen molar-refractivity contribution in [1.29, 1.82) is 0 Å². The highest BCUT2D eigenvalue weighted by Crippen LogP contribution is 2.30. The van der Waals surface area contributed by atoms with Crippen molar-refractivity contribution in [3.05, 3.63) is 94.8 Å². The Labute approximate surface area is 199 Å². The first kappa shape index (κ1) is 26.0. The van der Waals surface area contributed by atoms with Gasteiger partial charge in [-0.15, -0.1) is 0 Å². The molecule has 184 valence electrons. The van der Waals surface area contributed by atoms with Crippen LogP contribution in [0.15, 0.2) is 59.8 Å². The summed E-state index contributed by atoms with van der Waals surface area (Å²) in [6, 6.07) is 7.91. The van der Waals surface area contributed by atoms with Crippen LogP contribution in [0.1, 0.15) is 23.6 Å². The van der Waals surface area contributed by atoms with Gasteiger partial charge < -0.3 is 4.74 Å². The van der Waals surface area contributed by atoms with Crippen LogP contribution in [0.3, 0.4) is 0 Å². The van der Waals surface area contributed by atoms with Gasteiger partial charge in [0, 0.05) is 37.1 Å². The molecule has 0 unspecified atom stereocenters. The molecule has 0 spiro atoms. The van der Waals surface area contributed by atoms with Gasteiger partial charge in [0.25, 0.3) is 0 Å². The molecule has 35 heavy (non-hydrogen) atoms. The zero-order chi connectivity index (χ0) is 25.8. The fourth-order valence-corrected chi connectivity index (χ4v) is 4.67. The van der Waals surface area contributed by atoms with E-state index in [0.717, 1.165) is 4.31 Å². The molecule has 0 radical (unpaired) electrons. The number of carbonyl (C=O) groups excluding carboxylic acids is 1. The molecule has 0 saturated heterocycles. The summed E-state index contributed by atoms with van der Waals surface area (Å²) in [6.07, 6.45) is 5.72. The van der Waals surface area contributed by atoms with E-state index >= 15 is 0 Å². The van der Waals surface area contributed by atoms with Crippen molar-refractivity contribution in [2.24, 2.45) is 0 Å². The Morgan fingerprint density at radius 1 is 1.06 bits per heavy atom. The smallest absolute Gasteiger partial charge is 0.246 e. The van der Waals surface area contributed by atoms with E-state index in [1.165, 1.54) is 44.6 Å². The molecule has 0 bridgehead atoms. The average Bonchev–Trinajstić information content (AvgIpc) is 2.84. The first-order valence-corrected chi connectivity index (χ1v) is 11.6. The number of halogens is 4. The number of aromatic nitrogens is 1. The minimum absolute atomic E-state index is 0.103. The molecule has 2 aromatic carbocycles. The van der Waals surface area contributed by atoms with Crippen molar-refractivity contribution >= 4 is 21.9 Å². The summed E-state index contributed by atoms with van der Waals surface area (Å²) in [6.45, 7) is 0.645. The normalized spacial score (nSPS) is 11.9. The lowest BCUT2D eigenvalue weighted by molar-refractivity contribution is -0.112. The first-order valence-electron chi connectivity index (χ1n) is 10.1. The SMILES string of the molecule is COc1cc(/C=C/C(C)=O)ccc1CN(Cc1cccnc1)S(=O)(=O)c1cc(F)c(F)c(F)c1F.